The first-order valence-corrected chi connectivity index (χ1v) is 12.8. The molecule has 0 heterocycles. The van der Waals surface area contributed by atoms with E-state index in [1.165, 1.54) is 0 Å². The molecule has 0 amide bonds. The largest absolute Gasteiger partial charge is 0.606 e. The number of aryl methyl sites for hydroxylation is 1. The SMILES string of the molecule is Cc1cc(-c2ccc([S+]([O-])c3ccccc3)cc2)c(I)cc1[S+]([O-])c1ccccc1. The standard InChI is InChI=1S/C25H19IO2S2/c1-18-16-23(24(26)17-25(18)30(28)21-10-6-3-7-11-21)19-12-14-22(15-13-19)29(27)20-8-4-2-5-9-20/h2-17H,1H3. The van der Waals surface area contributed by atoms with E-state index in [2.05, 4.69) is 28.7 Å². The van der Waals surface area contributed by atoms with Crippen LogP contribution in [0.5, 0.6) is 0 Å². The maximum Gasteiger partial charge on any atom is 0.162 e. The minimum absolute atomic E-state index is 0.776. The van der Waals surface area contributed by atoms with Crippen LogP contribution in [0.4, 0.5) is 0 Å². The van der Waals surface area contributed by atoms with Crippen molar-refractivity contribution in [2.75, 3.05) is 0 Å². The maximum atomic E-state index is 13.0. The predicted molar refractivity (Wildman–Crippen MR) is 132 cm³/mol. The molecule has 2 nitrogen and oxygen atoms in total. The van der Waals surface area contributed by atoms with Crippen LogP contribution in [0.1, 0.15) is 5.56 Å². The van der Waals surface area contributed by atoms with Gasteiger partial charge < -0.3 is 9.11 Å². The van der Waals surface area contributed by atoms with Gasteiger partial charge >= 0.3 is 0 Å². The number of rotatable bonds is 5. The quantitative estimate of drug-likeness (QED) is 0.211. The highest BCUT2D eigenvalue weighted by Gasteiger charge is 2.20. The average molecular weight is 542 g/mol. The molecule has 0 aromatic heterocycles. The van der Waals surface area contributed by atoms with Gasteiger partial charge in [-0.2, -0.15) is 0 Å². The van der Waals surface area contributed by atoms with Crippen LogP contribution in [0.15, 0.2) is 117 Å². The van der Waals surface area contributed by atoms with Crippen LogP contribution in [0.25, 0.3) is 11.1 Å². The van der Waals surface area contributed by atoms with Crippen molar-refractivity contribution in [3.63, 3.8) is 0 Å². The summed E-state index contributed by atoms with van der Waals surface area (Å²) in [6.07, 6.45) is 0. The predicted octanol–water partition coefficient (Wildman–Crippen LogP) is 6.60. The zero-order valence-corrected chi connectivity index (χ0v) is 20.0. The monoisotopic (exact) mass is 542 g/mol. The van der Waals surface area contributed by atoms with Gasteiger partial charge in [-0.05, 0) is 95.2 Å². The highest BCUT2D eigenvalue weighted by atomic mass is 127. The summed E-state index contributed by atoms with van der Waals surface area (Å²) in [6, 6.07) is 30.9. The molecule has 30 heavy (non-hydrogen) atoms. The Morgan fingerprint density at radius 1 is 0.633 bits per heavy atom. The molecule has 0 saturated carbocycles. The van der Waals surface area contributed by atoms with E-state index in [1.807, 2.05) is 97.9 Å². The minimum atomic E-state index is -1.21. The van der Waals surface area contributed by atoms with Gasteiger partial charge in [-0.3, -0.25) is 0 Å². The van der Waals surface area contributed by atoms with Gasteiger partial charge in [0.05, 0.1) is 0 Å². The van der Waals surface area contributed by atoms with E-state index in [-0.39, 0.29) is 0 Å². The lowest BCUT2D eigenvalue weighted by atomic mass is 10.0. The average Bonchev–Trinajstić information content (AvgIpc) is 2.80. The molecule has 4 aromatic rings. The van der Waals surface area contributed by atoms with E-state index >= 15 is 0 Å². The molecule has 0 radical (unpaired) electrons. The second-order valence-electron chi connectivity index (χ2n) is 6.79. The second kappa shape index (κ2) is 9.58. The fourth-order valence-electron chi connectivity index (χ4n) is 3.19. The summed E-state index contributed by atoms with van der Waals surface area (Å²) in [5.74, 6) is 0. The molecule has 150 valence electrons. The first-order chi connectivity index (χ1) is 14.5. The van der Waals surface area contributed by atoms with E-state index in [4.69, 9.17) is 0 Å². The summed E-state index contributed by atoms with van der Waals surface area (Å²) in [6.45, 7) is 1.99. The van der Waals surface area contributed by atoms with Crippen molar-refractivity contribution in [1.29, 1.82) is 0 Å². The Hall–Kier alpha value is -1.77. The van der Waals surface area contributed by atoms with Crippen LogP contribution in [0.3, 0.4) is 0 Å². The molecule has 4 aromatic carbocycles. The molecule has 0 N–H and O–H groups in total. The Kier molecular flexibility index (Phi) is 6.85. The Morgan fingerprint density at radius 2 is 1.13 bits per heavy atom. The summed E-state index contributed by atoms with van der Waals surface area (Å²) in [5.41, 5.74) is 3.12. The number of halogens is 1. The molecule has 0 bridgehead atoms. The highest BCUT2D eigenvalue weighted by Crippen LogP contribution is 2.33. The van der Waals surface area contributed by atoms with Gasteiger partial charge in [0, 0.05) is 37.6 Å². The Labute approximate surface area is 196 Å². The number of benzene rings is 4. The normalized spacial score (nSPS) is 13.1. The third-order valence-electron chi connectivity index (χ3n) is 4.76. The lowest BCUT2D eigenvalue weighted by molar-refractivity contribution is 0.594. The highest BCUT2D eigenvalue weighted by molar-refractivity contribution is 14.1. The van der Waals surface area contributed by atoms with Crippen molar-refractivity contribution in [2.24, 2.45) is 0 Å². The smallest absolute Gasteiger partial charge is 0.162 e. The summed E-state index contributed by atoms with van der Waals surface area (Å²) in [7, 11) is 0. The van der Waals surface area contributed by atoms with Crippen molar-refractivity contribution in [3.05, 3.63) is 106 Å². The first kappa shape index (κ1) is 21.5. The molecule has 4 rings (SSSR count). The molecule has 2 atom stereocenters. The summed E-state index contributed by atoms with van der Waals surface area (Å²) in [5, 5.41) is 0. The van der Waals surface area contributed by atoms with Crippen LogP contribution in [-0.4, -0.2) is 9.11 Å². The molecule has 2 unspecified atom stereocenters. The molecular formula is C25H19IO2S2. The van der Waals surface area contributed by atoms with Gasteiger partial charge in [-0.25, -0.2) is 0 Å². The van der Waals surface area contributed by atoms with Crippen LogP contribution < -0.4 is 0 Å². The molecule has 0 spiro atoms. The van der Waals surface area contributed by atoms with E-state index in [1.54, 1.807) is 0 Å². The van der Waals surface area contributed by atoms with Gasteiger partial charge in [0.1, 0.15) is 0 Å². The van der Waals surface area contributed by atoms with Crippen molar-refractivity contribution in [3.8, 4) is 11.1 Å². The lowest BCUT2D eigenvalue weighted by Crippen LogP contribution is -2.05. The molecule has 0 aliphatic heterocycles. The van der Waals surface area contributed by atoms with Crippen LogP contribution >= 0.6 is 22.6 Å². The zero-order chi connectivity index (χ0) is 21.1. The fraction of sp³-hybridized carbons (Fsp3) is 0.0400. The lowest BCUT2D eigenvalue weighted by Gasteiger charge is -2.15. The van der Waals surface area contributed by atoms with Crippen LogP contribution in [0.2, 0.25) is 0 Å². The Bertz CT molecular complexity index is 1130. The molecule has 0 saturated heterocycles. The molecular weight excluding hydrogens is 523 g/mol. The third kappa shape index (κ3) is 4.60. The molecule has 0 fully saturated rings. The van der Waals surface area contributed by atoms with E-state index in [9.17, 15) is 9.11 Å². The molecule has 0 aliphatic carbocycles. The van der Waals surface area contributed by atoms with Gasteiger partial charge in [-0.15, -0.1) is 0 Å². The van der Waals surface area contributed by atoms with Gasteiger partial charge in [0.2, 0.25) is 0 Å². The Morgan fingerprint density at radius 3 is 1.70 bits per heavy atom. The van der Waals surface area contributed by atoms with Gasteiger partial charge in [-0.1, -0.05) is 36.4 Å². The molecule has 0 aliphatic rings. The number of hydrogen-bond acceptors (Lipinski definition) is 2. The van der Waals surface area contributed by atoms with Crippen molar-refractivity contribution in [2.45, 2.75) is 26.5 Å². The summed E-state index contributed by atoms with van der Waals surface area (Å²) < 4.78 is 26.8. The Balaban J connectivity index is 1.62. The molecule has 5 heteroatoms. The van der Waals surface area contributed by atoms with Crippen LogP contribution in [-0.2, 0) is 22.4 Å². The van der Waals surface area contributed by atoms with Crippen molar-refractivity contribution >= 4 is 44.9 Å². The summed E-state index contributed by atoms with van der Waals surface area (Å²) >= 11 is -0.108. The van der Waals surface area contributed by atoms with Gasteiger partial charge in [0.15, 0.2) is 19.6 Å². The van der Waals surface area contributed by atoms with Crippen molar-refractivity contribution < 1.29 is 9.11 Å². The van der Waals surface area contributed by atoms with E-state index < -0.39 is 22.4 Å². The maximum absolute atomic E-state index is 13.0. The van der Waals surface area contributed by atoms with Gasteiger partial charge in [0.25, 0.3) is 0 Å². The van der Waals surface area contributed by atoms with Crippen molar-refractivity contribution in [1.82, 2.24) is 0 Å². The fourth-order valence-corrected chi connectivity index (χ4v) is 6.48. The topological polar surface area (TPSA) is 46.1 Å². The van der Waals surface area contributed by atoms with E-state index in [0.717, 1.165) is 39.8 Å². The number of hydrogen-bond donors (Lipinski definition) is 0. The first-order valence-electron chi connectivity index (χ1n) is 9.39. The zero-order valence-electron chi connectivity index (χ0n) is 16.2. The van der Waals surface area contributed by atoms with E-state index in [0.29, 0.717) is 0 Å². The summed E-state index contributed by atoms with van der Waals surface area (Å²) in [4.78, 5) is 3.20. The third-order valence-corrected chi connectivity index (χ3v) is 8.59. The van der Waals surface area contributed by atoms with Crippen LogP contribution in [0, 0.1) is 10.5 Å². The second-order valence-corrected chi connectivity index (χ2v) is 10.9. The minimum Gasteiger partial charge on any atom is -0.606 e.